The van der Waals surface area contributed by atoms with Crippen LogP contribution in [0.25, 0.3) is 6.08 Å². The van der Waals surface area contributed by atoms with Crippen LogP contribution in [0.15, 0.2) is 54.6 Å². The van der Waals surface area contributed by atoms with Gasteiger partial charge in [-0.2, -0.15) is 0 Å². The lowest BCUT2D eigenvalue weighted by Crippen LogP contribution is -2.36. The molecule has 1 fully saturated rings. The lowest BCUT2D eigenvalue weighted by molar-refractivity contribution is -0.156. The van der Waals surface area contributed by atoms with E-state index < -0.39 is 36.0 Å². The van der Waals surface area contributed by atoms with E-state index in [1.807, 2.05) is 56.3 Å². The molecule has 0 radical (unpaired) electrons. The first kappa shape index (κ1) is 30.3. The van der Waals surface area contributed by atoms with Crippen LogP contribution in [0.4, 0.5) is 0 Å². The van der Waals surface area contributed by atoms with Crippen molar-refractivity contribution in [3.63, 3.8) is 0 Å². The van der Waals surface area contributed by atoms with E-state index in [1.54, 1.807) is 26.2 Å². The van der Waals surface area contributed by atoms with E-state index in [-0.39, 0.29) is 17.2 Å². The first-order chi connectivity index (χ1) is 19.6. The summed E-state index contributed by atoms with van der Waals surface area (Å²) in [5.41, 5.74) is 1.64. The highest BCUT2D eigenvalue weighted by Crippen LogP contribution is 2.35. The molecule has 0 spiro atoms. The van der Waals surface area contributed by atoms with Crippen molar-refractivity contribution in [2.75, 3.05) is 21.3 Å². The number of ether oxygens (including phenoxy) is 7. The molecule has 9 heteroatoms. The monoisotopic (exact) mass is 566 g/mol. The molecule has 4 rings (SSSR count). The second kappa shape index (κ2) is 13.3. The highest BCUT2D eigenvalue weighted by atomic mass is 16.8. The number of carbonyl (C=O) groups is 2. The van der Waals surface area contributed by atoms with Gasteiger partial charge in [0.05, 0.1) is 45.2 Å². The first-order valence-electron chi connectivity index (χ1n) is 13.6. The van der Waals surface area contributed by atoms with E-state index in [1.165, 1.54) is 20.3 Å². The Hall–Kier alpha value is -3.66. The Morgan fingerprint density at radius 3 is 2.39 bits per heavy atom. The zero-order valence-corrected chi connectivity index (χ0v) is 24.4. The van der Waals surface area contributed by atoms with E-state index in [0.717, 1.165) is 11.3 Å². The highest BCUT2D eigenvalue weighted by Gasteiger charge is 2.44. The highest BCUT2D eigenvalue weighted by molar-refractivity contribution is 6.06. The van der Waals surface area contributed by atoms with Crippen LogP contribution in [0.5, 0.6) is 11.5 Å². The molecular formula is C32H38O9. The maximum absolute atomic E-state index is 13.4. The molecule has 0 amide bonds. The molecule has 0 saturated carbocycles. The van der Waals surface area contributed by atoms with Crippen LogP contribution in [-0.4, -0.2) is 63.5 Å². The molecule has 4 atom stereocenters. The van der Waals surface area contributed by atoms with Crippen LogP contribution in [0.2, 0.25) is 0 Å². The van der Waals surface area contributed by atoms with Crippen molar-refractivity contribution >= 4 is 18.0 Å². The molecule has 0 bridgehead atoms. The van der Waals surface area contributed by atoms with Gasteiger partial charge in [-0.25, -0.2) is 9.59 Å². The van der Waals surface area contributed by atoms with E-state index >= 15 is 0 Å². The summed E-state index contributed by atoms with van der Waals surface area (Å²) in [5.74, 6) is -0.930. The molecular weight excluding hydrogens is 528 g/mol. The average molecular weight is 567 g/mol. The first-order valence-corrected chi connectivity index (χ1v) is 13.6. The topological polar surface area (TPSA) is 98.8 Å². The Labute approximate surface area is 241 Å². The molecule has 2 aliphatic heterocycles. The molecule has 41 heavy (non-hydrogen) atoms. The number of esters is 2. The lowest BCUT2D eigenvalue weighted by atomic mass is 9.98. The number of fused-ring (bicyclic) bond motifs is 2. The average Bonchev–Trinajstić information content (AvgIpc) is 3.27. The second-order valence-electron chi connectivity index (χ2n) is 10.4. The minimum absolute atomic E-state index is 0.0674. The summed E-state index contributed by atoms with van der Waals surface area (Å²) in [5, 5.41) is 0. The normalized spacial score (nSPS) is 24.0. The second-order valence-corrected chi connectivity index (χ2v) is 10.4. The van der Waals surface area contributed by atoms with Gasteiger partial charge in [0.1, 0.15) is 29.8 Å². The number of hydrogen-bond acceptors (Lipinski definition) is 9. The predicted octanol–water partition coefficient (Wildman–Crippen LogP) is 5.50. The van der Waals surface area contributed by atoms with Crippen molar-refractivity contribution in [3.05, 3.63) is 76.9 Å². The van der Waals surface area contributed by atoms with Crippen molar-refractivity contribution in [1.82, 2.24) is 0 Å². The largest absolute Gasteiger partial charge is 0.497 e. The van der Waals surface area contributed by atoms with Gasteiger partial charge in [-0.05, 0) is 62.6 Å². The predicted molar refractivity (Wildman–Crippen MR) is 152 cm³/mol. The van der Waals surface area contributed by atoms with Crippen molar-refractivity contribution in [3.8, 4) is 11.5 Å². The number of methoxy groups -OCH3 is 3. The van der Waals surface area contributed by atoms with Crippen molar-refractivity contribution < 1.29 is 42.7 Å². The smallest absolute Gasteiger partial charge is 0.339 e. The van der Waals surface area contributed by atoms with Gasteiger partial charge in [0, 0.05) is 6.42 Å². The minimum Gasteiger partial charge on any atom is -0.497 e. The van der Waals surface area contributed by atoms with Gasteiger partial charge in [0.15, 0.2) is 5.79 Å². The molecule has 1 saturated heterocycles. The number of benzene rings is 2. The van der Waals surface area contributed by atoms with E-state index in [2.05, 4.69) is 0 Å². The molecule has 0 N–H and O–H groups in total. The zero-order valence-electron chi connectivity index (χ0n) is 24.4. The Morgan fingerprint density at radius 2 is 1.71 bits per heavy atom. The summed E-state index contributed by atoms with van der Waals surface area (Å²) in [6.45, 7) is 5.90. The maximum atomic E-state index is 13.4. The van der Waals surface area contributed by atoms with Crippen LogP contribution in [0.3, 0.4) is 0 Å². The maximum Gasteiger partial charge on any atom is 0.339 e. The van der Waals surface area contributed by atoms with Gasteiger partial charge in [0.25, 0.3) is 0 Å². The fourth-order valence-corrected chi connectivity index (χ4v) is 4.91. The molecule has 2 aromatic carbocycles. The molecule has 0 aliphatic carbocycles. The van der Waals surface area contributed by atoms with E-state index in [0.29, 0.717) is 30.8 Å². The third-order valence-electron chi connectivity index (χ3n) is 6.90. The van der Waals surface area contributed by atoms with Crippen molar-refractivity contribution in [2.45, 2.75) is 70.4 Å². The van der Waals surface area contributed by atoms with E-state index in [4.69, 9.17) is 33.2 Å². The summed E-state index contributed by atoms with van der Waals surface area (Å²) in [7, 11) is 4.38. The fraction of sp³-hybridized carbons (Fsp3) is 0.438. The Balaban J connectivity index is 1.68. The molecule has 9 nitrogen and oxygen atoms in total. The van der Waals surface area contributed by atoms with Gasteiger partial charge in [-0.1, -0.05) is 36.4 Å². The van der Waals surface area contributed by atoms with Crippen molar-refractivity contribution in [1.29, 1.82) is 0 Å². The summed E-state index contributed by atoms with van der Waals surface area (Å²) >= 11 is 0. The number of rotatable bonds is 6. The van der Waals surface area contributed by atoms with Gasteiger partial charge in [0.2, 0.25) is 0 Å². The Kier molecular flexibility index (Phi) is 9.86. The van der Waals surface area contributed by atoms with Gasteiger partial charge in [-0.15, -0.1) is 0 Å². The molecule has 220 valence electrons. The van der Waals surface area contributed by atoms with Gasteiger partial charge >= 0.3 is 11.9 Å². The molecule has 2 aliphatic rings. The third-order valence-corrected chi connectivity index (χ3v) is 6.90. The number of hydrogen-bond donors (Lipinski definition) is 0. The Bertz CT molecular complexity index is 1280. The fourth-order valence-electron chi connectivity index (χ4n) is 4.91. The third kappa shape index (κ3) is 7.55. The summed E-state index contributed by atoms with van der Waals surface area (Å²) in [6.07, 6.45) is 6.72. The Morgan fingerprint density at radius 1 is 0.976 bits per heavy atom. The van der Waals surface area contributed by atoms with Gasteiger partial charge in [-0.3, -0.25) is 0 Å². The SMILES string of the molecule is COC(=O)c1cc(OC)cc2c1C(=O)O[C@@H](C)CC=CC(OCc1ccc(OC)cc1)[C@H]1OC(C)(C)O[C@H]1CC=C2. The quantitative estimate of drug-likeness (QED) is 0.331. The molecule has 2 heterocycles. The zero-order chi connectivity index (χ0) is 29.6. The molecule has 0 aromatic heterocycles. The molecule has 2 aromatic rings. The summed E-state index contributed by atoms with van der Waals surface area (Å²) in [4.78, 5) is 26.0. The van der Waals surface area contributed by atoms with Crippen LogP contribution in [0.1, 0.15) is 65.5 Å². The summed E-state index contributed by atoms with van der Waals surface area (Å²) in [6, 6.07) is 10.9. The van der Waals surface area contributed by atoms with E-state index in [9.17, 15) is 9.59 Å². The van der Waals surface area contributed by atoms with Crippen LogP contribution < -0.4 is 9.47 Å². The number of cyclic esters (lactones) is 1. The van der Waals surface area contributed by atoms with Crippen LogP contribution >= 0.6 is 0 Å². The minimum atomic E-state index is -0.821. The van der Waals surface area contributed by atoms with Crippen molar-refractivity contribution in [2.24, 2.45) is 0 Å². The standard InChI is InChI=1S/C32H38O9/c1-20-9-7-11-26(38-19-21-13-15-23(35-4)16-14-21)29-27(40-32(2,3)41-29)12-8-10-22-17-24(36-5)18-25(30(33)37-6)28(22)31(34)39-20/h7-8,10-11,13-18,20,26-27,29H,9,12,19H2,1-6H3/t20-,26?,27-,29+/m0/s1. The van der Waals surface area contributed by atoms with Crippen LogP contribution in [0, 0.1) is 0 Å². The lowest BCUT2D eigenvalue weighted by Gasteiger charge is -2.25. The summed E-state index contributed by atoms with van der Waals surface area (Å²) < 4.78 is 40.4. The van der Waals surface area contributed by atoms with Gasteiger partial charge < -0.3 is 33.2 Å². The molecule has 1 unspecified atom stereocenters. The number of carbonyl (C=O) groups excluding carboxylic acids is 2. The van der Waals surface area contributed by atoms with Crippen LogP contribution in [-0.2, 0) is 30.3 Å².